The molecular weight excluding hydrogens is 322 g/mol. The fourth-order valence-electron chi connectivity index (χ4n) is 3.29. The molecule has 1 aliphatic heterocycles. The van der Waals surface area contributed by atoms with Gasteiger partial charge in [0.1, 0.15) is 11.3 Å². The highest BCUT2D eigenvalue weighted by Gasteiger charge is 2.24. The van der Waals surface area contributed by atoms with Crippen LogP contribution in [0.1, 0.15) is 25.3 Å². The minimum absolute atomic E-state index is 0.00659. The minimum atomic E-state index is -0.464. The molecule has 6 nitrogen and oxygen atoms in total. The smallest absolute Gasteiger partial charge is 0.336 e. The van der Waals surface area contributed by atoms with Gasteiger partial charge in [0, 0.05) is 37.2 Å². The fourth-order valence-corrected chi connectivity index (χ4v) is 3.29. The van der Waals surface area contributed by atoms with Crippen LogP contribution in [0, 0.1) is 0 Å². The van der Waals surface area contributed by atoms with Crippen molar-refractivity contribution in [1.29, 1.82) is 0 Å². The van der Waals surface area contributed by atoms with Crippen molar-refractivity contribution in [3.05, 3.63) is 40.2 Å². The van der Waals surface area contributed by atoms with E-state index >= 15 is 0 Å². The molecule has 0 radical (unpaired) electrons. The number of amides is 1. The third kappa shape index (κ3) is 4.02. The van der Waals surface area contributed by atoms with E-state index in [1.807, 2.05) is 17.9 Å². The Morgan fingerprint density at radius 3 is 2.96 bits per heavy atom. The number of carbonyl (C=O) groups excluding carboxylic acids is 1. The summed E-state index contributed by atoms with van der Waals surface area (Å²) in [6.45, 7) is 3.96. The second-order valence-electron chi connectivity index (χ2n) is 6.19. The lowest BCUT2D eigenvalue weighted by Crippen LogP contribution is -2.43. The standard InChI is InChI=1S/C19H23NO5/c1-3-24-15-5-4-8-20(12-15)18(21)9-13-10-19(22)25-17-11-14(23-2)6-7-16(13)17/h6-7,10-11,15H,3-5,8-9,12H2,1-2H3/t15-/m0/s1. The van der Waals surface area contributed by atoms with E-state index in [0.717, 1.165) is 24.8 Å². The van der Waals surface area contributed by atoms with Gasteiger partial charge in [-0.25, -0.2) is 4.79 Å². The maximum atomic E-state index is 12.7. The first kappa shape index (κ1) is 17.5. The molecule has 0 N–H and O–H groups in total. The lowest BCUT2D eigenvalue weighted by Gasteiger charge is -2.32. The molecule has 0 spiro atoms. The summed E-state index contributed by atoms with van der Waals surface area (Å²) in [6.07, 6.45) is 2.19. The molecule has 2 heterocycles. The summed E-state index contributed by atoms with van der Waals surface area (Å²) >= 11 is 0. The number of fused-ring (bicyclic) bond motifs is 1. The van der Waals surface area contributed by atoms with Gasteiger partial charge in [0.25, 0.3) is 0 Å². The van der Waals surface area contributed by atoms with Gasteiger partial charge in [-0.1, -0.05) is 0 Å². The van der Waals surface area contributed by atoms with Crippen molar-refractivity contribution in [2.75, 3.05) is 26.8 Å². The van der Waals surface area contributed by atoms with Gasteiger partial charge in [-0.2, -0.15) is 0 Å². The number of rotatable bonds is 5. The molecular formula is C19H23NO5. The van der Waals surface area contributed by atoms with E-state index < -0.39 is 5.63 Å². The predicted molar refractivity (Wildman–Crippen MR) is 94.0 cm³/mol. The van der Waals surface area contributed by atoms with E-state index in [4.69, 9.17) is 13.9 Å². The lowest BCUT2D eigenvalue weighted by molar-refractivity contribution is -0.134. The number of piperidine rings is 1. The Morgan fingerprint density at radius 1 is 1.36 bits per heavy atom. The van der Waals surface area contributed by atoms with Crippen LogP contribution in [0.3, 0.4) is 0 Å². The number of carbonyl (C=O) groups is 1. The van der Waals surface area contributed by atoms with Crippen LogP contribution >= 0.6 is 0 Å². The van der Waals surface area contributed by atoms with Gasteiger partial charge in [0.2, 0.25) is 5.91 Å². The highest BCUT2D eigenvalue weighted by atomic mass is 16.5. The number of benzene rings is 1. The van der Waals surface area contributed by atoms with Gasteiger partial charge in [-0.05, 0) is 37.5 Å². The van der Waals surface area contributed by atoms with Crippen LogP contribution in [0.15, 0.2) is 33.5 Å². The normalized spacial score (nSPS) is 17.7. The molecule has 0 bridgehead atoms. The molecule has 3 rings (SSSR count). The largest absolute Gasteiger partial charge is 0.497 e. The zero-order chi connectivity index (χ0) is 17.8. The Bertz CT molecular complexity index is 811. The molecule has 1 saturated heterocycles. The number of likely N-dealkylation sites (tertiary alicyclic amines) is 1. The molecule has 1 atom stereocenters. The second-order valence-corrected chi connectivity index (χ2v) is 6.19. The van der Waals surface area contributed by atoms with Crippen LogP contribution in [0.5, 0.6) is 5.75 Å². The monoisotopic (exact) mass is 345 g/mol. The number of methoxy groups -OCH3 is 1. The summed E-state index contributed by atoms with van der Waals surface area (Å²) in [6, 6.07) is 6.68. The number of hydrogen-bond donors (Lipinski definition) is 0. The first-order valence-corrected chi connectivity index (χ1v) is 8.61. The van der Waals surface area contributed by atoms with Crippen LogP contribution in [0.4, 0.5) is 0 Å². The summed E-state index contributed by atoms with van der Waals surface area (Å²) < 4.78 is 16.1. The highest BCUT2D eigenvalue weighted by molar-refractivity contribution is 5.87. The quantitative estimate of drug-likeness (QED) is 0.778. The fraction of sp³-hybridized carbons (Fsp3) is 0.474. The maximum absolute atomic E-state index is 12.7. The van der Waals surface area contributed by atoms with Crippen molar-refractivity contribution >= 4 is 16.9 Å². The van der Waals surface area contributed by atoms with E-state index in [2.05, 4.69) is 0 Å². The molecule has 0 unspecified atom stereocenters. The van der Waals surface area contributed by atoms with Crippen LogP contribution in [0.2, 0.25) is 0 Å². The molecule has 2 aromatic rings. The SMILES string of the molecule is CCO[C@H]1CCCN(C(=O)Cc2cc(=O)oc3cc(OC)ccc23)C1. The molecule has 6 heteroatoms. The Balaban J connectivity index is 1.82. The number of hydrogen-bond acceptors (Lipinski definition) is 5. The van der Waals surface area contributed by atoms with Gasteiger partial charge >= 0.3 is 5.63 Å². The lowest BCUT2D eigenvalue weighted by atomic mass is 10.0. The van der Waals surface area contributed by atoms with Gasteiger partial charge in [-0.15, -0.1) is 0 Å². The zero-order valence-corrected chi connectivity index (χ0v) is 14.6. The molecule has 1 aromatic heterocycles. The second kappa shape index (κ2) is 7.70. The summed E-state index contributed by atoms with van der Waals surface area (Å²) in [5.41, 5.74) is 0.646. The molecule has 1 amide bonds. The Labute approximate surface area is 146 Å². The van der Waals surface area contributed by atoms with E-state index in [1.54, 1.807) is 19.2 Å². The topological polar surface area (TPSA) is 69.0 Å². The molecule has 25 heavy (non-hydrogen) atoms. The summed E-state index contributed by atoms with van der Waals surface area (Å²) in [5, 5.41) is 0.757. The average molecular weight is 345 g/mol. The van der Waals surface area contributed by atoms with Gasteiger partial charge < -0.3 is 18.8 Å². The van der Waals surface area contributed by atoms with E-state index in [-0.39, 0.29) is 18.4 Å². The highest BCUT2D eigenvalue weighted by Crippen LogP contribution is 2.23. The van der Waals surface area contributed by atoms with E-state index in [1.165, 1.54) is 6.07 Å². The van der Waals surface area contributed by atoms with Crippen LogP contribution < -0.4 is 10.4 Å². The summed E-state index contributed by atoms with van der Waals surface area (Å²) in [7, 11) is 1.55. The number of ether oxygens (including phenoxy) is 2. The van der Waals surface area contributed by atoms with Crippen LogP contribution in [0.25, 0.3) is 11.0 Å². The Morgan fingerprint density at radius 2 is 2.20 bits per heavy atom. The van der Waals surface area contributed by atoms with Crippen molar-refractivity contribution in [2.45, 2.75) is 32.3 Å². The third-order valence-electron chi connectivity index (χ3n) is 4.51. The Hall–Kier alpha value is -2.34. The van der Waals surface area contributed by atoms with Crippen molar-refractivity contribution in [3.63, 3.8) is 0 Å². The number of nitrogens with zero attached hydrogens (tertiary/aromatic N) is 1. The molecule has 0 aliphatic carbocycles. The van der Waals surface area contributed by atoms with Crippen molar-refractivity contribution in [2.24, 2.45) is 0 Å². The first-order chi connectivity index (χ1) is 12.1. The zero-order valence-electron chi connectivity index (χ0n) is 14.6. The Kier molecular flexibility index (Phi) is 5.38. The van der Waals surface area contributed by atoms with Gasteiger partial charge in [0.05, 0.1) is 19.6 Å². The maximum Gasteiger partial charge on any atom is 0.336 e. The predicted octanol–water partition coefficient (Wildman–Crippen LogP) is 2.37. The van der Waals surface area contributed by atoms with Gasteiger partial charge in [0.15, 0.2) is 0 Å². The molecule has 0 saturated carbocycles. The third-order valence-corrected chi connectivity index (χ3v) is 4.51. The van der Waals surface area contributed by atoms with Crippen molar-refractivity contribution in [3.8, 4) is 5.75 Å². The van der Waals surface area contributed by atoms with Crippen LogP contribution in [-0.4, -0.2) is 43.7 Å². The summed E-state index contributed by atoms with van der Waals surface area (Å²) in [4.78, 5) is 26.4. The first-order valence-electron chi connectivity index (χ1n) is 8.61. The van der Waals surface area contributed by atoms with Crippen molar-refractivity contribution in [1.82, 2.24) is 4.90 Å². The van der Waals surface area contributed by atoms with Crippen LogP contribution in [-0.2, 0) is 16.0 Å². The summed E-state index contributed by atoms with van der Waals surface area (Å²) in [5.74, 6) is 0.613. The van der Waals surface area contributed by atoms with Crippen molar-refractivity contribution < 1.29 is 18.7 Å². The molecule has 1 aliphatic rings. The molecule has 1 fully saturated rings. The van der Waals surface area contributed by atoms with Gasteiger partial charge in [-0.3, -0.25) is 4.79 Å². The van der Waals surface area contributed by atoms with E-state index in [0.29, 0.717) is 30.0 Å². The average Bonchev–Trinajstić information content (AvgIpc) is 2.61. The van der Waals surface area contributed by atoms with E-state index in [9.17, 15) is 9.59 Å². The molecule has 1 aromatic carbocycles. The minimum Gasteiger partial charge on any atom is -0.497 e. The molecule has 134 valence electrons.